The summed E-state index contributed by atoms with van der Waals surface area (Å²) in [5, 5.41) is 10.1. The normalized spacial score (nSPS) is 18.7. The highest BCUT2D eigenvalue weighted by molar-refractivity contribution is 5.02. The maximum Gasteiger partial charge on any atom is 0.137 e. The van der Waals surface area contributed by atoms with Gasteiger partial charge in [-0.3, -0.25) is 9.68 Å². The number of nitrogens with zero attached hydrogens (tertiary/aromatic N) is 6. The number of nitrogens with two attached hydrogens (primary N) is 1. The highest BCUT2D eigenvalue weighted by Crippen LogP contribution is 2.17. The van der Waals surface area contributed by atoms with Gasteiger partial charge in [-0.2, -0.15) is 10.3 Å². The van der Waals surface area contributed by atoms with Crippen molar-refractivity contribution in [2.45, 2.75) is 19.3 Å². The first-order valence-electron chi connectivity index (χ1n) is 6.44. The van der Waals surface area contributed by atoms with Crippen LogP contribution in [0.1, 0.15) is 11.4 Å². The molecule has 2 atom stereocenters. The molecule has 1 saturated heterocycles. The zero-order valence-electron chi connectivity index (χ0n) is 11.7. The molecule has 2 aromatic rings. The van der Waals surface area contributed by atoms with Crippen LogP contribution in [0.5, 0.6) is 0 Å². The van der Waals surface area contributed by atoms with Gasteiger partial charge in [-0.1, -0.05) is 0 Å². The number of rotatable bonds is 5. The van der Waals surface area contributed by atoms with E-state index >= 15 is 0 Å². The Hall–Kier alpha value is -2.51. The monoisotopic (exact) mass is 301 g/mol. The number of nitriles is 1. The topological polar surface area (TPSA) is 123 Å². The van der Waals surface area contributed by atoms with E-state index in [0.29, 0.717) is 19.8 Å². The minimum Gasteiger partial charge on any atom is -0.298 e. The zero-order chi connectivity index (χ0) is 15.6. The fraction of sp³-hybridized carbons (Fsp3) is 0.308. The number of hydrogen-bond acceptors (Lipinski definition) is 9. The Morgan fingerprint density at radius 2 is 1.82 bits per heavy atom. The van der Waals surface area contributed by atoms with Crippen molar-refractivity contribution < 1.29 is 9.68 Å². The first kappa shape index (κ1) is 15.9. The van der Waals surface area contributed by atoms with Crippen molar-refractivity contribution in [2.75, 3.05) is 6.54 Å². The van der Waals surface area contributed by atoms with Crippen LogP contribution in [0, 0.1) is 11.3 Å². The predicted molar refractivity (Wildman–Crippen MR) is 73.9 cm³/mol. The molecule has 0 aromatic carbocycles. The van der Waals surface area contributed by atoms with Crippen LogP contribution < -0.4 is 5.90 Å². The van der Waals surface area contributed by atoms with Crippen LogP contribution in [0.3, 0.4) is 0 Å². The third-order valence-corrected chi connectivity index (χ3v) is 2.61. The Balaban J connectivity index is 0.000000172. The van der Waals surface area contributed by atoms with Gasteiger partial charge >= 0.3 is 0 Å². The summed E-state index contributed by atoms with van der Waals surface area (Å²) in [5.41, 5.74) is 1.60. The maximum absolute atomic E-state index is 8.48. The standard InChI is InChI=1S/C8H8N4O.C5H7N3O/c9-3-8-4-12(8)13-5-7-1-2-10-6-11-7;6-9-3-5-1-2-7-4-8-5/h1-2,6,8H,4-5H2;1-2,4H,3,6H2. The summed E-state index contributed by atoms with van der Waals surface area (Å²) >= 11 is 0. The molecule has 1 aliphatic heterocycles. The van der Waals surface area contributed by atoms with Gasteiger partial charge in [0.2, 0.25) is 0 Å². The van der Waals surface area contributed by atoms with E-state index in [2.05, 4.69) is 30.8 Å². The third kappa shape index (κ3) is 5.47. The Bertz CT molecular complexity index is 590. The molecule has 9 heteroatoms. The molecule has 0 bridgehead atoms. The fourth-order valence-corrected chi connectivity index (χ4v) is 1.41. The van der Waals surface area contributed by atoms with E-state index in [1.54, 1.807) is 29.6 Å². The Morgan fingerprint density at radius 1 is 1.18 bits per heavy atom. The molecule has 114 valence electrons. The first-order valence-corrected chi connectivity index (χ1v) is 6.44. The summed E-state index contributed by atoms with van der Waals surface area (Å²) in [4.78, 5) is 24.9. The van der Waals surface area contributed by atoms with Crippen molar-refractivity contribution in [1.82, 2.24) is 25.0 Å². The van der Waals surface area contributed by atoms with Crippen LogP contribution in [0.15, 0.2) is 37.2 Å². The average molecular weight is 301 g/mol. The summed E-state index contributed by atoms with van der Waals surface area (Å²) in [7, 11) is 0. The van der Waals surface area contributed by atoms with E-state index in [9.17, 15) is 0 Å². The van der Waals surface area contributed by atoms with Gasteiger partial charge in [-0.25, -0.2) is 25.8 Å². The Labute approximate surface area is 127 Å². The molecule has 0 saturated carbocycles. The molecule has 0 amide bonds. The van der Waals surface area contributed by atoms with Crippen LogP contribution in [-0.4, -0.2) is 37.6 Å². The minimum atomic E-state index is -0.0677. The van der Waals surface area contributed by atoms with Gasteiger partial charge in [0, 0.05) is 12.4 Å². The highest BCUT2D eigenvalue weighted by atomic mass is 16.7. The minimum absolute atomic E-state index is 0.0677. The molecule has 0 spiro atoms. The quantitative estimate of drug-likeness (QED) is 0.599. The third-order valence-electron chi connectivity index (χ3n) is 2.61. The van der Waals surface area contributed by atoms with E-state index in [4.69, 9.17) is 16.0 Å². The number of hydrogen-bond donors (Lipinski definition) is 1. The van der Waals surface area contributed by atoms with Gasteiger partial charge in [0.05, 0.1) is 24.0 Å². The second kappa shape index (κ2) is 8.71. The summed E-state index contributed by atoms with van der Waals surface area (Å²) in [6.07, 6.45) is 6.23. The summed E-state index contributed by atoms with van der Waals surface area (Å²) < 4.78 is 0. The second-order valence-electron chi connectivity index (χ2n) is 4.23. The van der Waals surface area contributed by atoms with Crippen LogP contribution in [-0.2, 0) is 22.9 Å². The molecule has 0 radical (unpaired) electrons. The Kier molecular flexibility index (Phi) is 6.28. The van der Waals surface area contributed by atoms with Gasteiger partial charge in [0.1, 0.15) is 31.9 Å². The van der Waals surface area contributed by atoms with Crippen molar-refractivity contribution in [2.24, 2.45) is 5.90 Å². The molecule has 3 heterocycles. The van der Waals surface area contributed by atoms with Crippen molar-refractivity contribution in [3.63, 3.8) is 0 Å². The van der Waals surface area contributed by atoms with E-state index < -0.39 is 0 Å². The smallest absolute Gasteiger partial charge is 0.137 e. The predicted octanol–water partition coefficient (Wildman–Crippen LogP) is -0.0171. The molecular weight excluding hydrogens is 286 g/mol. The maximum atomic E-state index is 8.48. The van der Waals surface area contributed by atoms with Crippen molar-refractivity contribution in [1.29, 1.82) is 5.26 Å². The molecule has 2 unspecified atom stereocenters. The van der Waals surface area contributed by atoms with Crippen LogP contribution in [0.4, 0.5) is 0 Å². The summed E-state index contributed by atoms with van der Waals surface area (Å²) in [6, 6.07) is 5.55. The molecule has 2 aromatic heterocycles. The van der Waals surface area contributed by atoms with Gasteiger partial charge in [-0.15, -0.1) is 0 Å². The largest absolute Gasteiger partial charge is 0.298 e. The molecule has 1 aliphatic rings. The first-order chi connectivity index (χ1) is 10.8. The lowest BCUT2D eigenvalue weighted by molar-refractivity contribution is -0.0839. The average Bonchev–Trinajstić information content (AvgIpc) is 3.35. The van der Waals surface area contributed by atoms with Crippen molar-refractivity contribution in [3.05, 3.63) is 48.6 Å². The van der Waals surface area contributed by atoms with Crippen LogP contribution in [0.2, 0.25) is 0 Å². The molecule has 2 N–H and O–H groups in total. The van der Waals surface area contributed by atoms with E-state index in [-0.39, 0.29) is 6.04 Å². The molecule has 9 nitrogen and oxygen atoms in total. The van der Waals surface area contributed by atoms with E-state index in [0.717, 1.165) is 11.4 Å². The van der Waals surface area contributed by atoms with Gasteiger partial charge in [0.25, 0.3) is 0 Å². The molecular formula is C13H15N7O2. The summed E-state index contributed by atoms with van der Waals surface area (Å²) in [5.74, 6) is 4.80. The van der Waals surface area contributed by atoms with Crippen molar-refractivity contribution >= 4 is 0 Å². The molecule has 0 aliphatic carbocycles. The lowest BCUT2D eigenvalue weighted by Crippen LogP contribution is -2.03. The lowest BCUT2D eigenvalue weighted by atomic mass is 10.4. The van der Waals surface area contributed by atoms with E-state index in [1.807, 2.05) is 0 Å². The van der Waals surface area contributed by atoms with Crippen LogP contribution >= 0.6 is 0 Å². The number of aromatic nitrogens is 4. The second-order valence-corrected chi connectivity index (χ2v) is 4.23. The van der Waals surface area contributed by atoms with Gasteiger partial charge < -0.3 is 0 Å². The summed E-state index contributed by atoms with van der Waals surface area (Å²) in [6.45, 7) is 1.44. The highest BCUT2D eigenvalue weighted by Gasteiger charge is 2.35. The van der Waals surface area contributed by atoms with Gasteiger partial charge in [-0.05, 0) is 12.1 Å². The molecule has 3 rings (SSSR count). The zero-order valence-corrected chi connectivity index (χ0v) is 11.7. The molecule has 1 fully saturated rings. The molecule has 22 heavy (non-hydrogen) atoms. The van der Waals surface area contributed by atoms with Gasteiger partial charge in [0.15, 0.2) is 0 Å². The fourth-order valence-electron chi connectivity index (χ4n) is 1.41. The SMILES string of the molecule is N#CC1CN1OCc1ccncn1.NOCc1ccncn1. The Morgan fingerprint density at radius 3 is 2.27 bits per heavy atom. The number of hydroxylamine groups is 2. The van der Waals surface area contributed by atoms with Crippen LogP contribution in [0.25, 0.3) is 0 Å². The van der Waals surface area contributed by atoms with E-state index in [1.165, 1.54) is 12.7 Å². The van der Waals surface area contributed by atoms with Crippen molar-refractivity contribution in [3.8, 4) is 6.07 Å². The lowest BCUT2D eigenvalue weighted by Gasteiger charge is -2.01.